The van der Waals surface area contributed by atoms with Crippen LogP contribution >= 0.6 is 0 Å². The summed E-state index contributed by atoms with van der Waals surface area (Å²) in [5, 5.41) is 8.90. The van der Waals surface area contributed by atoms with Gasteiger partial charge in [0, 0.05) is 5.56 Å². The van der Waals surface area contributed by atoms with Gasteiger partial charge in [-0.2, -0.15) is 13.2 Å². The van der Waals surface area contributed by atoms with Crippen LogP contribution in [0.15, 0.2) is 29.1 Å². The number of halogens is 3. The monoisotopic (exact) mass is 214 g/mol. The lowest BCUT2D eigenvalue weighted by atomic mass is 10.1. The van der Waals surface area contributed by atoms with Crippen molar-refractivity contribution >= 4 is 0 Å². The van der Waals surface area contributed by atoms with E-state index in [4.69, 9.17) is 5.11 Å². The van der Waals surface area contributed by atoms with E-state index in [0.29, 0.717) is 0 Å². The molecule has 0 heterocycles. The predicted octanol–water partition coefficient (Wildman–Crippen LogP) is 2.31. The molecule has 0 amide bonds. The molecule has 0 atom stereocenters. The molecule has 1 N–H and O–H groups in total. The number of benzene rings is 1. The highest BCUT2D eigenvalue weighted by atomic mass is 19.4. The smallest absolute Gasteiger partial charge is 0.417 e. The Morgan fingerprint density at radius 3 is 2.13 bits per heavy atom. The Balaban J connectivity index is 2.59. The third kappa shape index (κ3) is 1.49. The molecule has 0 saturated heterocycles. The lowest BCUT2D eigenvalue weighted by Gasteiger charge is -2.09. The van der Waals surface area contributed by atoms with Crippen molar-refractivity contribution in [3.63, 3.8) is 0 Å². The molecule has 2 nitrogen and oxygen atoms in total. The maximum absolute atomic E-state index is 12.5. The van der Waals surface area contributed by atoms with Gasteiger partial charge >= 0.3 is 6.18 Å². The molecule has 78 valence electrons. The Kier molecular flexibility index (Phi) is 1.86. The zero-order valence-electron chi connectivity index (χ0n) is 7.30. The lowest BCUT2D eigenvalue weighted by Crippen LogP contribution is -2.06. The highest BCUT2D eigenvalue weighted by molar-refractivity contribution is 5.82. The van der Waals surface area contributed by atoms with Crippen LogP contribution in [0.1, 0.15) is 5.56 Å². The molecular weight excluding hydrogens is 209 g/mol. The van der Waals surface area contributed by atoms with Crippen LogP contribution in [0.3, 0.4) is 0 Å². The molecule has 0 radical (unpaired) electrons. The summed E-state index contributed by atoms with van der Waals surface area (Å²) in [6, 6.07) is 4.66. The van der Waals surface area contributed by atoms with Gasteiger partial charge in [-0.1, -0.05) is 18.2 Å². The van der Waals surface area contributed by atoms with Gasteiger partial charge in [0.25, 0.3) is 0 Å². The predicted molar refractivity (Wildman–Crippen MR) is 47.2 cm³/mol. The van der Waals surface area contributed by atoms with E-state index in [1.54, 1.807) is 0 Å². The maximum atomic E-state index is 12.5. The molecule has 2 aromatic carbocycles. The van der Waals surface area contributed by atoms with Crippen LogP contribution in [-0.4, -0.2) is 5.11 Å². The molecular formula is C10H5F3O2. The van der Waals surface area contributed by atoms with Gasteiger partial charge in [-0.05, 0) is 6.07 Å². The Labute approximate surface area is 82.3 Å². The summed E-state index contributed by atoms with van der Waals surface area (Å²) in [7, 11) is 0. The minimum absolute atomic E-state index is 0.233. The van der Waals surface area contributed by atoms with Gasteiger partial charge in [0.1, 0.15) is 0 Å². The van der Waals surface area contributed by atoms with Crippen molar-refractivity contribution in [3.8, 4) is 16.9 Å². The average Bonchev–Trinajstić information content (AvgIpc) is 2.73. The Bertz CT molecular complexity index is 519. The number of rotatable bonds is 1. The van der Waals surface area contributed by atoms with Gasteiger partial charge in [-0.3, -0.25) is 4.79 Å². The third-order valence-electron chi connectivity index (χ3n) is 2.12. The van der Waals surface area contributed by atoms with Crippen LogP contribution in [0.2, 0.25) is 0 Å². The van der Waals surface area contributed by atoms with Gasteiger partial charge in [0.2, 0.25) is 5.43 Å². The molecule has 0 unspecified atom stereocenters. The van der Waals surface area contributed by atoms with E-state index < -0.39 is 22.9 Å². The van der Waals surface area contributed by atoms with Crippen LogP contribution in [0.25, 0.3) is 11.1 Å². The van der Waals surface area contributed by atoms with Gasteiger partial charge in [0.05, 0.1) is 11.1 Å². The van der Waals surface area contributed by atoms with Crippen LogP contribution in [0, 0.1) is 0 Å². The third-order valence-corrected chi connectivity index (χ3v) is 2.12. The maximum Gasteiger partial charge on any atom is 0.417 e. The zero-order valence-corrected chi connectivity index (χ0v) is 7.30. The minimum atomic E-state index is -4.52. The van der Waals surface area contributed by atoms with Crippen molar-refractivity contribution in [2.45, 2.75) is 6.18 Å². The highest BCUT2D eigenvalue weighted by Gasteiger charge is 2.37. The lowest BCUT2D eigenvalue weighted by molar-refractivity contribution is -0.137. The summed E-state index contributed by atoms with van der Waals surface area (Å²) in [6.45, 7) is 0. The van der Waals surface area contributed by atoms with E-state index in [1.165, 1.54) is 18.2 Å². The minimum Gasteiger partial charge on any atom is -0.504 e. The van der Waals surface area contributed by atoms with E-state index in [2.05, 4.69) is 0 Å². The number of aromatic hydroxyl groups is 1. The SMILES string of the molecule is O=c1c(O)c1-c1ccccc1C(F)(F)F. The second kappa shape index (κ2) is 2.85. The van der Waals surface area contributed by atoms with Crippen LogP contribution < -0.4 is 5.43 Å². The van der Waals surface area contributed by atoms with E-state index >= 15 is 0 Å². The molecule has 15 heavy (non-hydrogen) atoms. The first-order valence-electron chi connectivity index (χ1n) is 4.07. The largest absolute Gasteiger partial charge is 0.504 e. The van der Waals surface area contributed by atoms with Crippen LogP contribution in [-0.2, 0) is 6.18 Å². The molecule has 0 saturated carbocycles. The van der Waals surface area contributed by atoms with Crippen molar-refractivity contribution < 1.29 is 18.3 Å². The van der Waals surface area contributed by atoms with Crippen LogP contribution in [0.4, 0.5) is 13.2 Å². The van der Waals surface area contributed by atoms with Gasteiger partial charge in [0.15, 0.2) is 5.75 Å². The summed E-state index contributed by atoms with van der Waals surface area (Å²) in [6.07, 6.45) is -4.52. The molecule has 0 fully saturated rings. The molecule has 0 bridgehead atoms. The van der Waals surface area contributed by atoms with E-state index in [0.717, 1.165) is 6.07 Å². The number of alkyl halides is 3. The fraction of sp³-hybridized carbons (Fsp3) is 0.100. The van der Waals surface area contributed by atoms with Gasteiger partial charge < -0.3 is 5.11 Å². The van der Waals surface area contributed by atoms with E-state index in [9.17, 15) is 18.0 Å². The molecule has 5 heteroatoms. The van der Waals surface area contributed by atoms with Crippen LogP contribution in [0.5, 0.6) is 5.75 Å². The summed E-state index contributed by atoms with van der Waals surface area (Å²) >= 11 is 0. The summed E-state index contributed by atoms with van der Waals surface area (Å²) < 4.78 is 37.4. The molecule has 0 aliphatic carbocycles. The molecule has 0 aliphatic heterocycles. The molecule has 0 aromatic heterocycles. The van der Waals surface area contributed by atoms with Crippen molar-refractivity contribution in [2.75, 3.05) is 0 Å². The quantitative estimate of drug-likeness (QED) is 0.790. The van der Waals surface area contributed by atoms with E-state index in [1.807, 2.05) is 0 Å². The fourth-order valence-electron chi connectivity index (χ4n) is 1.36. The normalized spacial score (nSPS) is 12.2. The average molecular weight is 214 g/mol. The standard InChI is InChI=1S/C10H5F3O2/c11-10(12,13)6-4-2-1-3-5(6)7-8(14)9(7)15/h1-4,14H. The van der Waals surface area contributed by atoms with Crippen molar-refractivity contribution in [2.24, 2.45) is 0 Å². The first-order chi connectivity index (χ1) is 6.93. The number of hydrogen-bond donors (Lipinski definition) is 1. The van der Waals surface area contributed by atoms with Crippen molar-refractivity contribution in [1.82, 2.24) is 0 Å². The second-order valence-corrected chi connectivity index (χ2v) is 3.10. The Hall–Kier alpha value is -1.78. The van der Waals surface area contributed by atoms with Crippen molar-refractivity contribution in [3.05, 3.63) is 40.1 Å². The topological polar surface area (TPSA) is 37.3 Å². The highest BCUT2D eigenvalue weighted by Crippen LogP contribution is 2.40. The first-order valence-corrected chi connectivity index (χ1v) is 4.07. The number of hydrogen-bond acceptors (Lipinski definition) is 2. The fourth-order valence-corrected chi connectivity index (χ4v) is 1.36. The first kappa shape index (κ1) is 9.76. The zero-order chi connectivity index (χ0) is 11.2. The van der Waals surface area contributed by atoms with E-state index in [-0.39, 0.29) is 11.1 Å². The Morgan fingerprint density at radius 1 is 1.13 bits per heavy atom. The Morgan fingerprint density at radius 2 is 1.67 bits per heavy atom. The van der Waals surface area contributed by atoms with Gasteiger partial charge in [-0.25, -0.2) is 0 Å². The van der Waals surface area contributed by atoms with Gasteiger partial charge in [-0.15, -0.1) is 0 Å². The molecule has 0 aliphatic rings. The summed E-state index contributed by atoms with van der Waals surface area (Å²) in [4.78, 5) is 10.8. The molecule has 2 aromatic rings. The summed E-state index contributed by atoms with van der Waals surface area (Å²) in [5.41, 5.74) is -2.11. The molecule has 0 spiro atoms. The second-order valence-electron chi connectivity index (χ2n) is 3.10. The van der Waals surface area contributed by atoms with Crippen molar-refractivity contribution in [1.29, 1.82) is 0 Å². The molecule has 2 rings (SSSR count). The summed E-state index contributed by atoms with van der Waals surface area (Å²) in [5.74, 6) is -0.577.